The number of non-ortho nitro benzene ring substituents is 1. The van der Waals surface area contributed by atoms with E-state index in [1.54, 1.807) is 24.4 Å². The van der Waals surface area contributed by atoms with E-state index in [2.05, 4.69) is 20.2 Å². The van der Waals surface area contributed by atoms with E-state index in [1.165, 1.54) is 18.2 Å². The average molecular weight is 341 g/mol. The van der Waals surface area contributed by atoms with Crippen LogP contribution in [0.3, 0.4) is 0 Å². The minimum absolute atomic E-state index is 0.0840. The number of nitro benzene ring substituents is 1. The third-order valence-corrected chi connectivity index (χ3v) is 3.93. The number of aromatic nitrogens is 4. The molecule has 1 aromatic carbocycles. The molecule has 120 valence electrons. The van der Waals surface area contributed by atoms with E-state index in [0.717, 1.165) is 11.8 Å². The van der Waals surface area contributed by atoms with Crippen molar-refractivity contribution in [3.05, 3.63) is 64.3 Å². The molecule has 0 spiro atoms. The number of H-pyrrole nitrogens is 1. The quantitative estimate of drug-likeness (QED) is 0.317. The van der Waals surface area contributed by atoms with Crippen LogP contribution in [-0.2, 0) is 0 Å². The topological polar surface area (TPSA) is 115 Å². The van der Waals surface area contributed by atoms with Gasteiger partial charge in [0.05, 0.1) is 10.7 Å². The normalized spacial score (nSPS) is 10.5. The lowest BCUT2D eigenvalue weighted by Crippen LogP contribution is -2.03. The number of hydrogen-bond donors (Lipinski definition) is 1. The Morgan fingerprint density at radius 2 is 2.12 bits per heavy atom. The van der Waals surface area contributed by atoms with Crippen LogP contribution in [0.15, 0.2) is 53.8 Å². The molecule has 0 saturated heterocycles. The molecule has 0 fully saturated rings. The van der Waals surface area contributed by atoms with Gasteiger partial charge >= 0.3 is 0 Å². The van der Waals surface area contributed by atoms with Gasteiger partial charge in [-0.25, -0.2) is 0 Å². The zero-order valence-corrected chi connectivity index (χ0v) is 13.1. The highest BCUT2D eigenvalue weighted by molar-refractivity contribution is 7.99. The van der Waals surface area contributed by atoms with Gasteiger partial charge in [-0.1, -0.05) is 30.0 Å². The second kappa shape index (κ2) is 7.01. The Morgan fingerprint density at radius 1 is 1.25 bits per heavy atom. The lowest BCUT2D eigenvalue weighted by atomic mass is 10.1. The molecule has 0 saturated carbocycles. The molecule has 2 aromatic heterocycles. The molecule has 24 heavy (non-hydrogen) atoms. The lowest BCUT2D eigenvalue weighted by molar-refractivity contribution is -0.384. The lowest BCUT2D eigenvalue weighted by Gasteiger charge is -1.99. The van der Waals surface area contributed by atoms with E-state index in [0.29, 0.717) is 16.7 Å². The number of ketones is 1. The number of carbonyl (C=O) groups excluding carboxylic acids is 1. The molecule has 9 heteroatoms. The van der Waals surface area contributed by atoms with Gasteiger partial charge in [0.25, 0.3) is 5.69 Å². The first-order chi connectivity index (χ1) is 11.6. The van der Waals surface area contributed by atoms with Crippen LogP contribution in [0.5, 0.6) is 0 Å². The summed E-state index contributed by atoms with van der Waals surface area (Å²) in [6.07, 6.45) is 1.65. The van der Waals surface area contributed by atoms with Crippen molar-refractivity contribution in [1.82, 2.24) is 20.2 Å². The van der Waals surface area contributed by atoms with Crippen LogP contribution in [-0.4, -0.2) is 36.6 Å². The van der Waals surface area contributed by atoms with Crippen molar-refractivity contribution in [3.8, 4) is 11.5 Å². The van der Waals surface area contributed by atoms with Crippen LogP contribution in [0, 0.1) is 10.1 Å². The first kappa shape index (κ1) is 15.8. The molecule has 8 nitrogen and oxygen atoms in total. The van der Waals surface area contributed by atoms with Crippen LogP contribution in [0.4, 0.5) is 5.69 Å². The summed E-state index contributed by atoms with van der Waals surface area (Å²) in [5.74, 6) is 0.370. The van der Waals surface area contributed by atoms with Crippen molar-refractivity contribution >= 4 is 23.2 Å². The van der Waals surface area contributed by atoms with Gasteiger partial charge in [-0.3, -0.25) is 25.0 Å². The van der Waals surface area contributed by atoms with Crippen molar-refractivity contribution in [2.75, 3.05) is 5.75 Å². The number of rotatable bonds is 6. The van der Waals surface area contributed by atoms with Crippen LogP contribution in [0.1, 0.15) is 10.4 Å². The van der Waals surface area contributed by atoms with Crippen molar-refractivity contribution < 1.29 is 9.72 Å². The maximum absolute atomic E-state index is 12.1. The van der Waals surface area contributed by atoms with Gasteiger partial charge in [-0.05, 0) is 12.1 Å². The molecule has 0 atom stereocenters. The fourth-order valence-electron chi connectivity index (χ4n) is 1.93. The Bertz CT molecular complexity index is 882. The van der Waals surface area contributed by atoms with E-state index in [1.807, 2.05) is 6.07 Å². The highest BCUT2D eigenvalue weighted by Crippen LogP contribution is 2.20. The van der Waals surface area contributed by atoms with Gasteiger partial charge in [0.2, 0.25) is 5.16 Å². The molecule has 3 aromatic rings. The minimum Gasteiger partial charge on any atom is -0.293 e. The maximum Gasteiger partial charge on any atom is 0.270 e. The van der Waals surface area contributed by atoms with Gasteiger partial charge < -0.3 is 0 Å². The third-order valence-electron chi connectivity index (χ3n) is 3.08. The van der Waals surface area contributed by atoms with Gasteiger partial charge in [-0.2, -0.15) is 4.98 Å². The van der Waals surface area contributed by atoms with Gasteiger partial charge in [0.1, 0.15) is 5.69 Å². The fourth-order valence-corrected chi connectivity index (χ4v) is 2.63. The summed E-state index contributed by atoms with van der Waals surface area (Å²) in [5, 5.41) is 18.0. The van der Waals surface area contributed by atoms with E-state index in [4.69, 9.17) is 0 Å². The SMILES string of the molecule is O=C(CSc1n[nH]c(-c2ccccn2)n1)c1cccc([N+](=O)[O-])c1. The van der Waals surface area contributed by atoms with Crippen LogP contribution < -0.4 is 0 Å². The number of Topliss-reactive ketones (excluding diaryl/α,β-unsaturated/α-hetero) is 1. The molecule has 1 N–H and O–H groups in total. The number of aromatic amines is 1. The molecule has 2 heterocycles. The molecule has 0 aliphatic rings. The third kappa shape index (κ3) is 3.63. The second-order valence-corrected chi connectivity index (χ2v) is 5.64. The van der Waals surface area contributed by atoms with Crippen molar-refractivity contribution in [2.24, 2.45) is 0 Å². The highest BCUT2D eigenvalue weighted by atomic mass is 32.2. The summed E-state index contributed by atoms with van der Waals surface area (Å²) in [4.78, 5) is 30.8. The van der Waals surface area contributed by atoms with Crippen LogP contribution in [0.2, 0.25) is 0 Å². The molecule has 3 rings (SSSR count). The molecule has 0 unspecified atom stereocenters. The zero-order valence-electron chi connectivity index (χ0n) is 12.2. The van der Waals surface area contributed by atoms with Crippen molar-refractivity contribution in [3.63, 3.8) is 0 Å². The standard InChI is InChI=1S/C15H11N5O3S/c21-13(10-4-3-5-11(8-10)20(22)23)9-24-15-17-14(18-19-15)12-6-1-2-7-16-12/h1-8H,9H2,(H,17,18,19). The molecule has 0 aliphatic carbocycles. The van der Waals surface area contributed by atoms with Crippen LogP contribution in [0.25, 0.3) is 11.5 Å². The predicted octanol–water partition coefficient (Wildman–Crippen LogP) is 2.75. The largest absolute Gasteiger partial charge is 0.293 e. The van der Waals surface area contributed by atoms with Crippen molar-refractivity contribution in [1.29, 1.82) is 0 Å². The van der Waals surface area contributed by atoms with E-state index in [-0.39, 0.29) is 22.8 Å². The Hall–Kier alpha value is -3.07. The highest BCUT2D eigenvalue weighted by Gasteiger charge is 2.14. The molecular weight excluding hydrogens is 330 g/mol. The van der Waals surface area contributed by atoms with Gasteiger partial charge in [0.15, 0.2) is 11.6 Å². The summed E-state index contributed by atoms with van der Waals surface area (Å²) in [6.45, 7) is 0. The number of hydrogen-bond acceptors (Lipinski definition) is 7. The summed E-state index contributed by atoms with van der Waals surface area (Å²) >= 11 is 1.15. The minimum atomic E-state index is -0.529. The number of nitrogens with one attached hydrogen (secondary N) is 1. The monoisotopic (exact) mass is 341 g/mol. The zero-order chi connectivity index (χ0) is 16.9. The van der Waals surface area contributed by atoms with E-state index in [9.17, 15) is 14.9 Å². The molecule has 0 aliphatic heterocycles. The fraction of sp³-hybridized carbons (Fsp3) is 0.0667. The molecule has 0 radical (unpaired) electrons. The molecule has 0 amide bonds. The van der Waals surface area contributed by atoms with Gasteiger partial charge in [-0.15, -0.1) is 5.10 Å². The van der Waals surface area contributed by atoms with E-state index >= 15 is 0 Å². The summed E-state index contributed by atoms with van der Waals surface area (Å²) in [6, 6.07) is 11.1. The summed E-state index contributed by atoms with van der Waals surface area (Å²) in [5.41, 5.74) is 0.834. The number of nitrogens with zero attached hydrogens (tertiary/aromatic N) is 4. The predicted molar refractivity (Wildman–Crippen MR) is 87.8 cm³/mol. The number of nitro groups is 1. The number of thioether (sulfide) groups is 1. The van der Waals surface area contributed by atoms with Crippen LogP contribution >= 0.6 is 11.8 Å². The first-order valence-corrected chi connectivity index (χ1v) is 7.86. The number of carbonyl (C=O) groups is 1. The Morgan fingerprint density at radius 3 is 2.88 bits per heavy atom. The molecule has 0 bridgehead atoms. The summed E-state index contributed by atoms with van der Waals surface area (Å²) < 4.78 is 0. The first-order valence-electron chi connectivity index (χ1n) is 6.88. The van der Waals surface area contributed by atoms with E-state index < -0.39 is 4.92 Å². The Kier molecular flexibility index (Phi) is 4.62. The average Bonchev–Trinajstić information content (AvgIpc) is 3.09. The molecular formula is C15H11N5O3S. The Labute approximate surface area is 140 Å². The smallest absolute Gasteiger partial charge is 0.270 e. The second-order valence-electron chi connectivity index (χ2n) is 4.70. The van der Waals surface area contributed by atoms with Crippen molar-refractivity contribution in [2.45, 2.75) is 5.16 Å². The number of benzene rings is 1. The Balaban J connectivity index is 1.66. The number of pyridine rings is 1. The summed E-state index contributed by atoms with van der Waals surface area (Å²) in [7, 11) is 0. The maximum atomic E-state index is 12.1. The van der Waals surface area contributed by atoms with Gasteiger partial charge in [0, 0.05) is 23.9 Å².